The Kier molecular flexibility index (Phi) is 40.1. The van der Waals surface area contributed by atoms with Crippen LogP contribution >= 0.6 is 0 Å². The topological polar surface area (TPSA) is 55.8 Å². The molecule has 0 aromatic heterocycles. The largest absolute Gasteiger partial charge is 0.457 e. The van der Waals surface area contributed by atoms with Crippen molar-refractivity contribution < 1.29 is 19.4 Å². The number of esters is 1. The maximum atomic E-state index is 12.2. The summed E-state index contributed by atoms with van der Waals surface area (Å²) in [4.78, 5) is 12.2. The fraction of sp³-hybridized carbons (Fsp3) is 0.711. The molecule has 0 aromatic rings. The molecule has 0 heterocycles. The highest BCUT2D eigenvalue weighted by atomic mass is 16.6. The molecule has 0 rings (SSSR count). The minimum absolute atomic E-state index is 0.198. The molecule has 0 aromatic carbocycles. The number of hydrogen-bond acceptors (Lipinski definition) is 4. The fourth-order valence-electron chi connectivity index (χ4n) is 5.48. The molecule has 4 nitrogen and oxygen atoms in total. The lowest BCUT2D eigenvalue weighted by atomic mass is 10.1. The molecular weight excluding hydrogens is 604 g/mol. The van der Waals surface area contributed by atoms with E-state index in [0.29, 0.717) is 13.0 Å². The predicted molar refractivity (Wildman–Crippen MR) is 214 cm³/mol. The lowest BCUT2D eigenvalue weighted by Gasteiger charge is -2.15. The molecule has 49 heavy (non-hydrogen) atoms. The van der Waals surface area contributed by atoms with Gasteiger partial charge in [0.15, 0.2) is 0 Å². The third-order valence-electron chi connectivity index (χ3n) is 8.52. The van der Waals surface area contributed by atoms with Crippen LogP contribution in [0.1, 0.15) is 181 Å². The third-order valence-corrected chi connectivity index (χ3v) is 8.52. The van der Waals surface area contributed by atoms with Crippen LogP contribution in [0.15, 0.2) is 72.9 Å². The highest BCUT2D eigenvalue weighted by molar-refractivity contribution is 5.69. The summed E-state index contributed by atoms with van der Waals surface area (Å²) < 4.78 is 11.1. The van der Waals surface area contributed by atoms with E-state index in [1.165, 1.54) is 109 Å². The smallest absolute Gasteiger partial charge is 0.306 e. The number of hydrogen-bond donors (Lipinski definition) is 1. The quantitative estimate of drug-likeness (QED) is 0.0402. The van der Waals surface area contributed by atoms with Crippen LogP contribution in [0, 0.1) is 0 Å². The number of aliphatic hydroxyl groups excluding tert-OH is 1. The zero-order valence-electron chi connectivity index (χ0n) is 32.2. The summed E-state index contributed by atoms with van der Waals surface area (Å²) in [6, 6.07) is 0. The number of carbonyl (C=O) groups excluding carboxylic acids is 1. The van der Waals surface area contributed by atoms with Crippen molar-refractivity contribution in [2.45, 2.75) is 187 Å². The van der Waals surface area contributed by atoms with Crippen LogP contribution in [0.3, 0.4) is 0 Å². The molecule has 0 aliphatic heterocycles. The lowest BCUT2D eigenvalue weighted by Crippen LogP contribution is -2.27. The van der Waals surface area contributed by atoms with Crippen LogP contribution in [0.2, 0.25) is 0 Å². The van der Waals surface area contributed by atoms with E-state index in [4.69, 9.17) is 9.47 Å². The van der Waals surface area contributed by atoms with E-state index in [1.807, 2.05) is 0 Å². The van der Waals surface area contributed by atoms with Crippen molar-refractivity contribution in [1.29, 1.82) is 0 Å². The van der Waals surface area contributed by atoms with Gasteiger partial charge >= 0.3 is 5.97 Å². The van der Waals surface area contributed by atoms with Crippen molar-refractivity contribution in [3.63, 3.8) is 0 Å². The SMILES string of the molecule is CC/C=C\C/C=C\C/C=C\C/C=C\C/C=C\CCCC(=O)OC(CO)COCCCCCCCCCCCC/C=C\CCCCCCCC. The summed E-state index contributed by atoms with van der Waals surface area (Å²) >= 11 is 0. The Hall–Kier alpha value is -2.17. The average molecular weight is 683 g/mol. The molecule has 0 fully saturated rings. The highest BCUT2D eigenvalue weighted by Gasteiger charge is 2.13. The number of carbonyl (C=O) groups is 1. The third kappa shape index (κ3) is 40.1. The molecule has 1 N–H and O–H groups in total. The summed E-state index contributed by atoms with van der Waals surface area (Å²) in [5, 5.41) is 9.58. The molecule has 1 atom stereocenters. The van der Waals surface area contributed by atoms with E-state index in [-0.39, 0.29) is 19.2 Å². The van der Waals surface area contributed by atoms with E-state index >= 15 is 0 Å². The zero-order valence-corrected chi connectivity index (χ0v) is 32.2. The molecule has 0 spiro atoms. The van der Waals surface area contributed by atoms with Crippen molar-refractivity contribution in [3.05, 3.63) is 72.9 Å². The number of rotatable bonds is 37. The number of ether oxygens (including phenoxy) is 2. The summed E-state index contributed by atoms with van der Waals surface area (Å²) in [7, 11) is 0. The summed E-state index contributed by atoms with van der Waals surface area (Å²) in [5.74, 6) is -0.259. The maximum Gasteiger partial charge on any atom is 0.306 e. The minimum atomic E-state index is -0.567. The van der Waals surface area contributed by atoms with Crippen molar-refractivity contribution in [2.24, 2.45) is 0 Å². The van der Waals surface area contributed by atoms with Crippen LogP contribution < -0.4 is 0 Å². The summed E-state index contributed by atoms with van der Waals surface area (Å²) in [6.07, 6.45) is 56.8. The molecule has 0 amide bonds. The first-order valence-corrected chi connectivity index (χ1v) is 20.5. The first-order chi connectivity index (χ1) is 24.2. The van der Waals surface area contributed by atoms with Crippen LogP contribution in [-0.2, 0) is 14.3 Å². The minimum Gasteiger partial charge on any atom is -0.457 e. The van der Waals surface area contributed by atoms with E-state index in [9.17, 15) is 9.90 Å². The Balaban J connectivity index is 3.53. The van der Waals surface area contributed by atoms with Crippen molar-refractivity contribution >= 4 is 5.97 Å². The van der Waals surface area contributed by atoms with E-state index < -0.39 is 6.10 Å². The van der Waals surface area contributed by atoms with Crippen LogP contribution in [-0.4, -0.2) is 37.0 Å². The van der Waals surface area contributed by atoms with Gasteiger partial charge in [0.2, 0.25) is 0 Å². The summed E-state index contributed by atoms with van der Waals surface area (Å²) in [6.45, 7) is 5.16. The van der Waals surface area contributed by atoms with Gasteiger partial charge in [-0.3, -0.25) is 4.79 Å². The van der Waals surface area contributed by atoms with Gasteiger partial charge < -0.3 is 14.6 Å². The van der Waals surface area contributed by atoms with Gasteiger partial charge in [-0.25, -0.2) is 0 Å². The van der Waals surface area contributed by atoms with Gasteiger partial charge in [0.05, 0.1) is 13.2 Å². The molecule has 0 saturated carbocycles. The van der Waals surface area contributed by atoms with Crippen molar-refractivity contribution in [1.82, 2.24) is 0 Å². The second-order valence-corrected chi connectivity index (χ2v) is 13.3. The standard InChI is InChI=1S/C45H78O4/c1-3-5-7-9-11-13-15-17-19-21-22-23-25-27-29-31-33-35-37-39-41-48-43-44(42-46)49-45(47)40-38-36-34-32-30-28-26-24-20-18-16-14-12-10-8-6-4-2/h6,8,12,14,17-20,26,28,32,34,44,46H,3-5,7,9-11,13,15-16,21-25,27,29-31,33,35-43H2,1-2H3/b8-6-,14-12-,19-17-,20-18-,28-26-,34-32-. The molecule has 0 radical (unpaired) electrons. The number of unbranched alkanes of at least 4 members (excludes halogenated alkanes) is 17. The van der Waals surface area contributed by atoms with Crippen LogP contribution in [0.4, 0.5) is 0 Å². The molecule has 282 valence electrons. The fourth-order valence-corrected chi connectivity index (χ4v) is 5.48. The van der Waals surface area contributed by atoms with Crippen molar-refractivity contribution in [3.8, 4) is 0 Å². The highest BCUT2D eigenvalue weighted by Crippen LogP contribution is 2.13. The average Bonchev–Trinajstić information content (AvgIpc) is 3.11. The first-order valence-electron chi connectivity index (χ1n) is 20.5. The molecule has 0 bridgehead atoms. The monoisotopic (exact) mass is 683 g/mol. The first kappa shape index (κ1) is 46.8. The van der Waals surface area contributed by atoms with E-state index in [1.54, 1.807) is 0 Å². The zero-order chi connectivity index (χ0) is 35.6. The Morgan fingerprint density at radius 3 is 1.41 bits per heavy atom. The van der Waals surface area contributed by atoms with Gasteiger partial charge in [0.1, 0.15) is 6.10 Å². The molecular formula is C45H78O4. The second-order valence-electron chi connectivity index (χ2n) is 13.3. The Morgan fingerprint density at radius 2 is 0.918 bits per heavy atom. The number of allylic oxidation sites excluding steroid dienone is 12. The Bertz CT molecular complexity index is 850. The van der Waals surface area contributed by atoms with Crippen LogP contribution in [0.5, 0.6) is 0 Å². The molecule has 0 saturated heterocycles. The molecule has 4 heteroatoms. The van der Waals surface area contributed by atoms with Gasteiger partial charge in [-0.1, -0.05) is 170 Å². The van der Waals surface area contributed by atoms with E-state index in [2.05, 4.69) is 86.8 Å². The second kappa shape index (κ2) is 42.0. The van der Waals surface area contributed by atoms with E-state index in [0.717, 1.165) is 51.4 Å². The van der Waals surface area contributed by atoms with Gasteiger partial charge in [0, 0.05) is 13.0 Å². The predicted octanol–water partition coefficient (Wildman–Crippen LogP) is 13.4. The normalized spacial score (nSPS) is 13.1. The number of aliphatic hydroxyl groups is 1. The molecule has 0 aliphatic rings. The maximum absolute atomic E-state index is 12.2. The summed E-state index contributed by atoms with van der Waals surface area (Å²) in [5.41, 5.74) is 0. The molecule has 0 aliphatic carbocycles. The van der Waals surface area contributed by atoms with Crippen LogP contribution in [0.25, 0.3) is 0 Å². The van der Waals surface area contributed by atoms with Gasteiger partial charge in [-0.05, 0) is 77.0 Å². The Morgan fingerprint density at radius 1 is 0.510 bits per heavy atom. The lowest BCUT2D eigenvalue weighted by molar-refractivity contribution is -0.154. The Labute approximate surface area is 304 Å². The van der Waals surface area contributed by atoms with Gasteiger partial charge in [0.25, 0.3) is 0 Å². The van der Waals surface area contributed by atoms with Gasteiger partial charge in [-0.15, -0.1) is 0 Å². The van der Waals surface area contributed by atoms with Crippen molar-refractivity contribution in [2.75, 3.05) is 19.8 Å². The molecule has 1 unspecified atom stereocenters. The van der Waals surface area contributed by atoms with Gasteiger partial charge in [-0.2, -0.15) is 0 Å².